The van der Waals surface area contributed by atoms with Crippen LogP contribution >= 0.6 is 0 Å². The van der Waals surface area contributed by atoms with E-state index in [0.717, 1.165) is 113 Å². The molecule has 6 heteroatoms. The number of aromatic nitrogens is 2. The summed E-state index contributed by atoms with van der Waals surface area (Å²) in [5.74, 6) is 0. The van der Waals surface area contributed by atoms with Crippen LogP contribution in [0.3, 0.4) is 0 Å². The quantitative estimate of drug-likeness (QED) is 0.114. The lowest BCUT2D eigenvalue weighted by molar-refractivity contribution is 0.569. The molecule has 2 aliphatic heterocycles. The Morgan fingerprint density at radius 1 is 0.221 bits per heavy atom. The monoisotopic (exact) mass is 1580 g/mol. The van der Waals surface area contributed by atoms with Crippen molar-refractivity contribution in [3.8, 4) is 67.0 Å². The maximum atomic E-state index is 2.74. The molecule has 0 N–H and O–H groups in total. The molecule has 122 heavy (non-hydrogen) atoms. The van der Waals surface area contributed by atoms with Crippen molar-refractivity contribution in [1.82, 2.24) is 9.13 Å². The molecule has 0 bridgehead atoms. The Morgan fingerprint density at radius 2 is 0.590 bits per heavy atom. The van der Waals surface area contributed by atoms with E-state index in [9.17, 15) is 0 Å². The van der Waals surface area contributed by atoms with E-state index >= 15 is 0 Å². The predicted molar refractivity (Wildman–Crippen MR) is 525 cm³/mol. The highest BCUT2D eigenvalue weighted by molar-refractivity contribution is 7.00. The molecular weight excluding hydrogens is 1470 g/mol. The third kappa shape index (κ3) is 13.5. The van der Waals surface area contributed by atoms with Crippen LogP contribution in [0.15, 0.2) is 358 Å². The van der Waals surface area contributed by atoms with Crippen LogP contribution in [0.25, 0.3) is 111 Å². The first-order chi connectivity index (χ1) is 58.7. The summed E-state index contributed by atoms with van der Waals surface area (Å²) in [6, 6.07) is 137. The summed E-state index contributed by atoms with van der Waals surface area (Å²) in [7, 11) is 0. The molecule has 18 aromatic rings. The van der Waals surface area contributed by atoms with Crippen LogP contribution < -0.4 is 31.1 Å². The number of hydrogen-bond donors (Lipinski definition) is 0. The summed E-state index contributed by atoms with van der Waals surface area (Å²) in [4.78, 5) is 7.91. The molecule has 0 saturated carbocycles. The Labute approximate surface area is 720 Å². The Kier molecular flexibility index (Phi) is 18.5. The number of anilines is 9. The molecule has 20 rings (SSSR count). The SMILES string of the molecule is CC(C)(C)c1cc(-c2cc3c4c(c2)N(c2c(-c5ccccc5)cc(C(C)(C)C)cc2-c2ccccc2)c2cc(N(c5ccccc5)c5ccc(-n6c7ccccc7c7ccccc76)cc5)ccc2B4c2ccc(-n4c5ccc(C(C)(C)C)cc5c5cc(C(C)(C)C)ccc54)cc2N3c2cc(-c3ccccc3)cc(-c3ccccc3)c2)cc(C(C)(C)C)c1. The molecule has 0 saturated heterocycles. The highest BCUT2D eigenvalue weighted by atomic mass is 15.2. The minimum Gasteiger partial charge on any atom is -0.311 e. The fourth-order valence-corrected chi connectivity index (χ4v) is 19.1. The minimum absolute atomic E-state index is 0.0771. The second-order valence-corrected chi connectivity index (χ2v) is 39.1. The topological polar surface area (TPSA) is 19.6 Å². The van der Waals surface area contributed by atoms with Crippen molar-refractivity contribution in [1.29, 1.82) is 0 Å². The zero-order valence-corrected chi connectivity index (χ0v) is 72.9. The predicted octanol–water partition coefficient (Wildman–Crippen LogP) is 30.3. The third-order valence-corrected chi connectivity index (χ3v) is 25.8. The van der Waals surface area contributed by atoms with Crippen LogP contribution in [0.2, 0.25) is 0 Å². The lowest BCUT2D eigenvalue weighted by Crippen LogP contribution is -2.61. The average molecular weight is 1580 g/mol. The van der Waals surface area contributed by atoms with Gasteiger partial charge in [-0.15, -0.1) is 0 Å². The van der Waals surface area contributed by atoms with Crippen molar-refractivity contribution < 1.29 is 0 Å². The Bertz CT molecular complexity index is 6850. The summed E-state index contributed by atoms with van der Waals surface area (Å²) in [5.41, 5.74) is 37.4. The van der Waals surface area contributed by atoms with Gasteiger partial charge in [-0.1, -0.05) is 322 Å². The summed E-state index contributed by atoms with van der Waals surface area (Å²) in [6.07, 6.45) is 0. The smallest absolute Gasteiger partial charge is 0.252 e. The molecule has 596 valence electrons. The molecular formula is C116H104BN5. The van der Waals surface area contributed by atoms with E-state index in [1.54, 1.807) is 0 Å². The van der Waals surface area contributed by atoms with Crippen molar-refractivity contribution in [2.24, 2.45) is 0 Å². The van der Waals surface area contributed by atoms with Gasteiger partial charge in [0.2, 0.25) is 0 Å². The van der Waals surface area contributed by atoms with E-state index in [1.807, 2.05) is 0 Å². The summed E-state index contributed by atoms with van der Waals surface area (Å²) in [5, 5.41) is 4.98. The number of para-hydroxylation sites is 3. The number of benzene rings is 16. The molecule has 0 unspecified atom stereocenters. The first-order valence-electron chi connectivity index (χ1n) is 43.5. The van der Waals surface area contributed by atoms with Crippen LogP contribution in [0.5, 0.6) is 0 Å². The zero-order valence-electron chi connectivity index (χ0n) is 72.9. The van der Waals surface area contributed by atoms with Gasteiger partial charge in [0.25, 0.3) is 6.71 Å². The first-order valence-corrected chi connectivity index (χ1v) is 43.5. The van der Waals surface area contributed by atoms with Gasteiger partial charge in [0.15, 0.2) is 0 Å². The summed E-state index contributed by atoms with van der Waals surface area (Å²) in [6.45, 7) is 35.0. The zero-order chi connectivity index (χ0) is 84.0. The molecule has 2 aliphatic rings. The van der Waals surface area contributed by atoms with Crippen molar-refractivity contribution in [2.45, 2.75) is 131 Å². The highest BCUT2D eigenvalue weighted by Crippen LogP contribution is 2.55. The van der Waals surface area contributed by atoms with E-state index in [2.05, 4.69) is 486 Å². The molecule has 0 aliphatic carbocycles. The number of fused-ring (bicyclic) bond motifs is 10. The maximum Gasteiger partial charge on any atom is 0.252 e. The largest absolute Gasteiger partial charge is 0.311 e. The second kappa shape index (κ2) is 29.2. The number of nitrogens with zero attached hydrogens (tertiary/aromatic N) is 5. The van der Waals surface area contributed by atoms with Crippen LogP contribution in [-0.2, 0) is 27.1 Å². The average Bonchev–Trinajstić information content (AvgIpc) is 0.805. The molecule has 2 aromatic heterocycles. The second-order valence-electron chi connectivity index (χ2n) is 39.1. The number of hydrogen-bond acceptors (Lipinski definition) is 3. The molecule has 0 amide bonds. The van der Waals surface area contributed by atoms with Gasteiger partial charge >= 0.3 is 0 Å². The Hall–Kier alpha value is -13.4. The maximum absolute atomic E-state index is 2.74. The van der Waals surface area contributed by atoms with Gasteiger partial charge in [0.05, 0.1) is 27.8 Å². The molecule has 16 aromatic carbocycles. The minimum atomic E-state index is -0.307. The highest BCUT2D eigenvalue weighted by Gasteiger charge is 2.46. The van der Waals surface area contributed by atoms with Crippen molar-refractivity contribution in [2.75, 3.05) is 14.7 Å². The molecule has 0 fully saturated rings. The fraction of sp³-hybridized carbons (Fsp3) is 0.172. The van der Waals surface area contributed by atoms with Gasteiger partial charge in [0, 0.05) is 89.5 Å². The Morgan fingerprint density at radius 3 is 1.07 bits per heavy atom. The normalized spacial score (nSPS) is 13.0. The Balaban J connectivity index is 0.942. The van der Waals surface area contributed by atoms with E-state index in [-0.39, 0.29) is 33.8 Å². The molecule has 4 heterocycles. The van der Waals surface area contributed by atoms with Gasteiger partial charge < -0.3 is 23.8 Å². The standard InChI is InChI=1S/C116H104BN5/c1-112(2,3)83-49-59-104-98(69-83)99-70-84(113(4,5)6)50-60-105(99)120(104)92-56-58-100-106(74-92)121(93-64-79(75-35-21-16-22-36-75)61-80(65-93)76-37-23-17-24-38-76)108-66-82(81-62-85(114(7,8)9)68-86(63-81)115(10,11)12)67-109-110(108)117(100)101-57-55-91(73-107(101)122(109)111-96(77-39-25-18-26-40-77)71-87(116(13,14)15)72-97(111)78-41-27-19-28-42-78)118(88-43-29-20-30-44-88)89-51-53-90(54-52-89)119-102-47-33-31-45-94(102)95-46-32-34-48-103(95)119/h16-74H,1-15H3. The molecule has 0 atom stereocenters. The van der Waals surface area contributed by atoms with Crippen molar-refractivity contribution in [3.05, 3.63) is 386 Å². The molecule has 0 spiro atoms. The van der Waals surface area contributed by atoms with E-state index in [0.29, 0.717) is 0 Å². The van der Waals surface area contributed by atoms with Crippen LogP contribution in [-0.4, -0.2) is 15.8 Å². The summed E-state index contributed by atoms with van der Waals surface area (Å²) < 4.78 is 4.98. The lowest BCUT2D eigenvalue weighted by atomic mass is 9.33. The molecule has 5 nitrogen and oxygen atoms in total. The lowest BCUT2D eigenvalue weighted by Gasteiger charge is -2.46. The van der Waals surface area contributed by atoms with E-state index in [1.165, 1.54) is 93.4 Å². The van der Waals surface area contributed by atoms with Crippen LogP contribution in [0.1, 0.15) is 132 Å². The third-order valence-electron chi connectivity index (χ3n) is 25.8. The van der Waals surface area contributed by atoms with Gasteiger partial charge in [-0.25, -0.2) is 0 Å². The van der Waals surface area contributed by atoms with Gasteiger partial charge in [0.1, 0.15) is 0 Å². The van der Waals surface area contributed by atoms with E-state index < -0.39 is 0 Å². The van der Waals surface area contributed by atoms with Gasteiger partial charge in [-0.3, -0.25) is 0 Å². The van der Waals surface area contributed by atoms with Crippen molar-refractivity contribution >= 4 is 118 Å². The first kappa shape index (κ1) is 77.2. The van der Waals surface area contributed by atoms with E-state index in [4.69, 9.17) is 0 Å². The number of rotatable bonds is 12. The molecule has 0 radical (unpaired) electrons. The summed E-state index contributed by atoms with van der Waals surface area (Å²) >= 11 is 0. The van der Waals surface area contributed by atoms with Crippen LogP contribution in [0.4, 0.5) is 51.2 Å². The van der Waals surface area contributed by atoms with Gasteiger partial charge in [-0.05, 0) is 255 Å². The van der Waals surface area contributed by atoms with Gasteiger partial charge in [-0.2, -0.15) is 0 Å². The van der Waals surface area contributed by atoms with Crippen LogP contribution in [0, 0.1) is 0 Å². The fourth-order valence-electron chi connectivity index (χ4n) is 19.1. The van der Waals surface area contributed by atoms with Crippen molar-refractivity contribution in [3.63, 3.8) is 0 Å².